The van der Waals surface area contributed by atoms with E-state index < -0.39 is 15.9 Å². The Kier molecular flexibility index (Phi) is 8.89. The van der Waals surface area contributed by atoms with Crippen LogP contribution in [-0.4, -0.2) is 38.9 Å². The van der Waals surface area contributed by atoms with Gasteiger partial charge in [-0.25, -0.2) is 8.42 Å². The summed E-state index contributed by atoms with van der Waals surface area (Å²) in [4.78, 5) is 13.1. The highest BCUT2D eigenvalue weighted by Gasteiger charge is 2.28. The van der Waals surface area contributed by atoms with Crippen LogP contribution < -0.4 is 14.8 Å². The van der Waals surface area contributed by atoms with Crippen LogP contribution in [0, 0.1) is 6.92 Å². The average molecular weight is 497 g/mol. The van der Waals surface area contributed by atoms with E-state index >= 15 is 0 Å². The van der Waals surface area contributed by atoms with Crippen LogP contribution in [0.4, 0.5) is 0 Å². The number of carbonyl (C=O) groups is 1. The number of rotatable bonds is 11. The molecule has 3 rings (SSSR count). The molecule has 0 aliphatic carbocycles. The monoisotopic (exact) mass is 496 g/mol. The minimum atomic E-state index is -3.97. The Morgan fingerprint density at radius 1 is 1.00 bits per heavy atom. The maximum atomic E-state index is 13.6. The standard InChI is InChI=1S/C27H32N2O5S/c1-5-34-25-16-15-23(17-20(25)2)35(31,32)29(18-22-11-7-6-8-12-22)19-27(30)28-21(3)24-13-9-10-14-26(24)33-4/h6-17,21H,5,18-19H2,1-4H3,(H,28,30)/t21-/m1/s1. The number of sulfonamides is 1. The SMILES string of the molecule is CCOc1ccc(S(=O)(=O)N(CC(=O)N[C@H](C)c2ccccc2OC)Cc2ccccc2)cc1C. The number of nitrogens with one attached hydrogen (secondary N) is 1. The molecule has 0 saturated heterocycles. The van der Waals surface area contributed by atoms with Gasteiger partial charge in [-0.2, -0.15) is 4.31 Å². The van der Waals surface area contributed by atoms with Gasteiger partial charge in [-0.3, -0.25) is 4.79 Å². The summed E-state index contributed by atoms with van der Waals surface area (Å²) in [7, 11) is -2.40. The lowest BCUT2D eigenvalue weighted by molar-refractivity contribution is -0.122. The molecule has 0 aromatic heterocycles. The lowest BCUT2D eigenvalue weighted by Gasteiger charge is -2.24. The van der Waals surface area contributed by atoms with Crippen LogP contribution in [0.5, 0.6) is 11.5 Å². The van der Waals surface area contributed by atoms with Gasteiger partial charge in [-0.1, -0.05) is 48.5 Å². The van der Waals surface area contributed by atoms with Crippen LogP contribution in [0.1, 0.15) is 36.6 Å². The third-order valence-electron chi connectivity index (χ3n) is 5.59. The Morgan fingerprint density at radius 3 is 2.34 bits per heavy atom. The van der Waals surface area contributed by atoms with Crippen LogP contribution in [0.2, 0.25) is 0 Å². The summed E-state index contributed by atoms with van der Waals surface area (Å²) in [5.74, 6) is 0.869. The molecule has 0 aliphatic heterocycles. The van der Waals surface area contributed by atoms with Crippen LogP contribution in [0.15, 0.2) is 77.7 Å². The first-order valence-electron chi connectivity index (χ1n) is 11.5. The Labute approximate surface area is 207 Å². The number of nitrogens with zero attached hydrogens (tertiary/aromatic N) is 1. The summed E-state index contributed by atoms with van der Waals surface area (Å²) >= 11 is 0. The summed E-state index contributed by atoms with van der Waals surface area (Å²) in [6.45, 7) is 5.72. The van der Waals surface area contributed by atoms with E-state index in [0.29, 0.717) is 23.7 Å². The van der Waals surface area contributed by atoms with E-state index in [2.05, 4.69) is 5.32 Å². The molecule has 0 fully saturated rings. The van der Waals surface area contributed by atoms with Crippen molar-refractivity contribution in [2.75, 3.05) is 20.3 Å². The fourth-order valence-electron chi connectivity index (χ4n) is 3.81. The zero-order valence-corrected chi connectivity index (χ0v) is 21.3. The summed E-state index contributed by atoms with van der Waals surface area (Å²) in [5, 5.41) is 2.90. The molecule has 7 nitrogen and oxygen atoms in total. The third kappa shape index (κ3) is 6.61. The maximum Gasteiger partial charge on any atom is 0.243 e. The molecule has 0 bridgehead atoms. The predicted octanol–water partition coefficient (Wildman–Crippen LogP) is 4.47. The number of ether oxygens (including phenoxy) is 2. The smallest absolute Gasteiger partial charge is 0.243 e. The second-order valence-corrected chi connectivity index (χ2v) is 10.1. The first-order valence-corrected chi connectivity index (χ1v) is 12.9. The molecule has 0 unspecified atom stereocenters. The van der Waals surface area contributed by atoms with Gasteiger partial charge in [0.05, 0.1) is 31.2 Å². The van der Waals surface area contributed by atoms with Crippen molar-refractivity contribution in [1.82, 2.24) is 9.62 Å². The highest BCUT2D eigenvalue weighted by Crippen LogP contribution is 2.26. The van der Waals surface area contributed by atoms with E-state index in [1.54, 1.807) is 26.2 Å². The molecule has 1 amide bonds. The first-order chi connectivity index (χ1) is 16.8. The normalized spacial score (nSPS) is 12.3. The molecule has 1 N–H and O–H groups in total. The molecule has 0 radical (unpaired) electrons. The van der Waals surface area contributed by atoms with Crippen molar-refractivity contribution in [3.8, 4) is 11.5 Å². The van der Waals surface area contributed by atoms with Crippen molar-refractivity contribution in [3.63, 3.8) is 0 Å². The second kappa shape index (κ2) is 11.9. The molecule has 35 heavy (non-hydrogen) atoms. The van der Waals surface area contributed by atoms with Crippen molar-refractivity contribution in [3.05, 3.63) is 89.5 Å². The van der Waals surface area contributed by atoms with Gasteiger partial charge in [0.1, 0.15) is 11.5 Å². The summed E-state index contributed by atoms with van der Waals surface area (Å²) in [6.07, 6.45) is 0. The van der Waals surface area contributed by atoms with Crippen molar-refractivity contribution >= 4 is 15.9 Å². The molecule has 8 heteroatoms. The molecule has 0 aliphatic rings. The summed E-state index contributed by atoms with van der Waals surface area (Å²) < 4.78 is 39.4. The number of methoxy groups -OCH3 is 1. The summed E-state index contributed by atoms with van der Waals surface area (Å²) in [5.41, 5.74) is 2.30. The van der Waals surface area contributed by atoms with Crippen LogP contribution in [0.3, 0.4) is 0 Å². The van der Waals surface area contributed by atoms with Crippen molar-refractivity contribution in [1.29, 1.82) is 0 Å². The van der Waals surface area contributed by atoms with Crippen molar-refractivity contribution < 1.29 is 22.7 Å². The van der Waals surface area contributed by atoms with Gasteiger partial charge < -0.3 is 14.8 Å². The molecular formula is C27H32N2O5S. The Morgan fingerprint density at radius 2 is 1.69 bits per heavy atom. The lowest BCUT2D eigenvalue weighted by Crippen LogP contribution is -2.41. The van der Waals surface area contributed by atoms with E-state index in [9.17, 15) is 13.2 Å². The Hall–Kier alpha value is -3.36. The topological polar surface area (TPSA) is 84.9 Å². The van der Waals surface area contributed by atoms with Crippen LogP contribution >= 0.6 is 0 Å². The van der Waals surface area contributed by atoms with Crippen molar-refractivity contribution in [2.24, 2.45) is 0 Å². The fraction of sp³-hybridized carbons (Fsp3) is 0.296. The number of hydrogen-bond acceptors (Lipinski definition) is 5. The van der Waals surface area contributed by atoms with E-state index in [0.717, 1.165) is 11.1 Å². The molecule has 186 valence electrons. The largest absolute Gasteiger partial charge is 0.496 e. The van der Waals surface area contributed by atoms with E-state index in [-0.39, 0.29) is 24.0 Å². The van der Waals surface area contributed by atoms with Gasteiger partial charge in [-0.15, -0.1) is 0 Å². The minimum absolute atomic E-state index is 0.0614. The molecule has 3 aromatic carbocycles. The van der Waals surface area contributed by atoms with Crippen LogP contribution in [0.25, 0.3) is 0 Å². The zero-order valence-electron chi connectivity index (χ0n) is 20.5. The number of hydrogen-bond donors (Lipinski definition) is 1. The van der Waals surface area contributed by atoms with Gasteiger partial charge in [0.25, 0.3) is 0 Å². The van der Waals surface area contributed by atoms with E-state index in [1.807, 2.05) is 68.4 Å². The van der Waals surface area contributed by atoms with Gasteiger partial charge in [0.15, 0.2) is 0 Å². The number of amides is 1. The first kappa shape index (κ1) is 26.2. The minimum Gasteiger partial charge on any atom is -0.496 e. The summed E-state index contributed by atoms with van der Waals surface area (Å²) in [6, 6.07) is 21.0. The predicted molar refractivity (Wildman–Crippen MR) is 136 cm³/mol. The fourth-order valence-corrected chi connectivity index (χ4v) is 5.28. The van der Waals surface area contributed by atoms with Crippen molar-refractivity contribution in [2.45, 2.75) is 38.3 Å². The molecule has 0 spiro atoms. The highest BCUT2D eigenvalue weighted by atomic mass is 32.2. The third-order valence-corrected chi connectivity index (χ3v) is 7.38. The number of aryl methyl sites for hydroxylation is 1. The highest BCUT2D eigenvalue weighted by molar-refractivity contribution is 7.89. The van der Waals surface area contributed by atoms with E-state index in [1.165, 1.54) is 10.4 Å². The molecular weight excluding hydrogens is 464 g/mol. The zero-order chi connectivity index (χ0) is 25.4. The van der Waals surface area contributed by atoms with Gasteiger partial charge in [-0.05, 0) is 56.2 Å². The number of benzene rings is 3. The Bertz CT molecular complexity index is 1250. The molecule has 1 atom stereocenters. The lowest BCUT2D eigenvalue weighted by atomic mass is 10.1. The second-order valence-electron chi connectivity index (χ2n) is 8.15. The maximum absolute atomic E-state index is 13.6. The molecule has 3 aromatic rings. The average Bonchev–Trinajstić information content (AvgIpc) is 2.85. The van der Waals surface area contributed by atoms with Gasteiger partial charge in [0, 0.05) is 12.1 Å². The molecule has 0 saturated carbocycles. The van der Waals surface area contributed by atoms with E-state index in [4.69, 9.17) is 9.47 Å². The molecule has 0 heterocycles. The quantitative estimate of drug-likeness (QED) is 0.423. The van der Waals surface area contributed by atoms with Gasteiger partial charge >= 0.3 is 0 Å². The number of carbonyl (C=O) groups excluding carboxylic acids is 1. The van der Waals surface area contributed by atoms with Gasteiger partial charge in [0.2, 0.25) is 15.9 Å². The number of para-hydroxylation sites is 1. The van der Waals surface area contributed by atoms with Crippen LogP contribution in [-0.2, 0) is 21.4 Å². The Balaban J connectivity index is 1.86.